The van der Waals surface area contributed by atoms with E-state index in [1.54, 1.807) is 4.90 Å². The molecule has 0 fully saturated rings. The van der Waals surface area contributed by atoms with Crippen LogP contribution in [0.4, 0.5) is 17.1 Å². The van der Waals surface area contributed by atoms with Crippen LogP contribution in [0.15, 0.2) is 120 Å². The van der Waals surface area contributed by atoms with Crippen LogP contribution in [0.5, 0.6) is 0 Å². The van der Waals surface area contributed by atoms with Gasteiger partial charge in [-0.1, -0.05) is 84.1 Å². The highest BCUT2D eigenvalue weighted by molar-refractivity contribution is 7.99. The minimum absolute atomic E-state index is 0.0296. The van der Waals surface area contributed by atoms with Crippen molar-refractivity contribution in [2.24, 2.45) is 0 Å². The SMILES string of the molecule is Cc1ccc(NCc2nnc(SCCC(=O)N(c3ccccc3)c3ccccc3)n2-c2ccccc2)cc1. The molecule has 1 amide bonds. The number of amides is 1. The van der Waals surface area contributed by atoms with Crippen molar-refractivity contribution < 1.29 is 4.79 Å². The van der Waals surface area contributed by atoms with E-state index in [0.29, 0.717) is 18.7 Å². The molecule has 4 aromatic carbocycles. The number of para-hydroxylation sites is 3. The van der Waals surface area contributed by atoms with Crippen molar-refractivity contribution in [3.05, 3.63) is 127 Å². The maximum atomic E-state index is 13.4. The molecule has 7 heteroatoms. The Labute approximate surface area is 227 Å². The van der Waals surface area contributed by atoms with E-state index in [2.05, 4.69) is 51.3 Å². The van der Waals surface area contributed by atoms with Crippen LogP contribution in [-0.4, -0.2) is 26.4 Å². The van der Waals surface area contributed by atoms with Crippen molar-refractivity contribution in [2.45, 2.75) is 25.0 Å². The fraction of sp³-hybridized carbons (Fsp3) is 0.129. The van der Waals surface area contributed by atoms with Gasteiger partial charge in [-0.25, -0.2) is 0 Å². The molecule has 0 atom stereocenters. The zero-order valence-electron chi connectivity index (χ0n) is 21.2. The Hall–Kier alpha value is -4.36. The number of nitrogens with one attached hydrogen (secondary N) is 1. The third-order valence-electron chi connectivity index (χ3n) is 6.04. The summed E-state index contributed by atoms with van der Waals surface area (Å²) in [6.45, 7) is 2.60. The predicted molar refractivity (Wildman–Crippen MR) is 155 cm³/mol. The number of rotatable bonds is 10. The van der Waals surface area contributed by atoms with Crippen molar-refractivity contribution >= 4 is 34.7 Å². The highest BCUT2D eigenvalue weighted by Gasteiger charge is 2.19. The Morgan fingerprint density at radius 2 is 1.37 bits per heavy atom. The fourth-order valence-corrected chi connectivity index (χ4v) is 5.03. The van der Waals surface area contributed by atoms with Crippen molar-refractivity contribution in [3.8, 4) is 5.69 Å². The molecular formula is C31H29N5OS. The maximum absolute atomic E-state index is 13.4. The molecule has 0 aliphatic carbocycles. The third-order valence-corrected chi connectivity index (χ3v) is 6.97. The molecule has 38 heavy (non-hydrogen) atoms. The summed E-state index contributed by atoms with van der Waals surface area (Å²) in [5.74, 6) is 1.41. The van der Waals surface area contributed by atoms with Crippen molar-refractivity contribution in [1.82, 2.24) is 14.8 Å². The van der Waals surface area contributed by atoms with E-state index in [4.69, 9.17) is 0 Å². The van der Waals surface area contributed by atoms with Gasteiger partial charge in [-0.3, -0.25) is 14.3 Å². The zero-order chi connectivity index (χ0) is 26.2. The Kier molecular flexibility index (Phi) is 8.16. The van der Waals surface area contributed by atoms with Crippen LogP contribution >= 0.6 is 11.8 Å². The van der Waals surface area contributed by atoms with Crippen LogP contribution < -0.4 is 10.2 Å². The summed E-state index contributed by atoms with van der Waals surface area (Å²) in [4.78, 5) is 15.2. The lowest BCUT2D eigenvalue weighted by atomic mass is 10.2. The quantitative estimate of drug-likeness (QED) is 0.201. The first-order valence-corrected chi connectivity index (χ1v) is 13.5. The molecule has 190 valence electrons. The van der Waals surface area contributed by atoms with Crippen LogP contribution in [0.3, 0.4) is 0 Å². The highest BCUT2D eigenvalue weighted by atomic mass is 32.2. The van der Waals surface area contributed by atoms with Gasteiger partial charge in [0.15, 0.2) is 11.0 Å². The number of aromatic nitrogens is 3. The molecule has 1 N–H and O–H groups in total. The van der Waals surface area contributed by atoms with Gasteiger partial charge in [-0.2, -0.15) is 0 Å². The molecule has 1 heterocycles. The summed E-state index contributed by atoms with van der Waals surface area (Å²) in [6.07, 6.45) is 0.354. The molecular weight excluding hydrogens is 490 g/mol. The fourth-order valence-electron chi connectivity index (χ4n) is 4.13. The lowest BCUT2D eigenvalue weighted by Gasteiger charge is -2.23. The first-order valence-electron chi connectivity index (χ1n) is 12.5. The summed E-state index contributed by atoms with van der Waals surface area (Å²) in [5.41, 5.74) is 4.94. The molecule has 5 aromatic rings. The summed E-state index contributed by atoms with van der Waals surface area (Å²) < 4.78 is 2.06. The van der Waals surface area contributed by atoms with Gasteiger partial charge in [0.2, 0.25) is 5.91 Å². The number of hydrogen-bond acceptors (Lipinski definition) is 5. The smallest absolute Gasteiger partial charge is 0.232 e. The Morgan fingerprint density at radius 1 is 0.789 bits per heavy atom. The molecule has 0 aliphatic heterocycles. The Bertz CT molecular complexity index is 1420. The monoisotopic (exact) mass is 519 g/mol. The first kappa shape index (κ1) is 25.3. The van der Waals surface area contributed by atoms with Gasteiger partial charge in [0.05, 0.1) is 6.54 Å². The second kappa shape index (κ2) is 12.3. The van der Waals surface area contributed by atoms with E-state index in [1.807, 2.05) is 91.0 Å². The highest BCUT2D eigenvalue weighted by Crippen LogP contribution is 2.28. The van der Waals surface area contributed by atoms with Gasteiger partial charge < -0.3 is 5.32 Å². The number of benzene rings is 4. The summed E-state index contributed by atoms with van der Waals surface area (Å²) in [6, 6.07) is 37.9. The zero-order valence-corrected chi connectivity index (χ0v) is 22.0. The number of thioether (sulfide) groups is 1. The second-order valence-corrected chi connectivity index (χ2v) is 9.85. The summed E-state index contributed by atoms with van der Waals surface area (Å²) in [7, 11) is 0. The van der Waals surface area contributed by atoms with Gasteiger partial charge in [-0.05, 0) is 55.5 Å². The summed E-state index contributed by atoms with van der Waals surface area (Å²) in [5, 5.41) is 13.2. The molecule has 0 saturated carbocycles. The number of hydrogen-bond donors (Lipinski definition) is 1. The maximum Gasteiger partial charge on any atom is 0.232 e. The van der Waals surface area contributed by atoms with Crippen molar-refractivity contribution in [1.29, 1.82) is 0 Å². The van der Waals surface area contributed by atoms with Crippen LogP contribution in [-0.2, 0) is 11.3 Å². The predicted octanol–water partition coefficient (Wildman–Crippen LogP) is 7.03. The average molecular weight is 520 g/mol. The van der Waals surface area contributed by atoms with E-state index in [1.165, 1.54) is 17.3 Å². The molecule has 6 nitrogen and oxygen atoms in total. The Morgan fingerprint density at radius 3 is 1.97 bits per heavy atom. The number of anilines is 3. The van der Waals surface area contributed by atoms with Crippen LogP contribution in [0, 0.1) is 6.92 Å². The molecule has 5 rings (SSSR count). The number of carbonyl (C=O) groups excluding carboxylic acids is 1. The minimum Gasteiger partial charge on any atom is -0.378 e. The van der Waals surface area contributed by atoms with Gasteiger partial charge in [0.25, 0.3) is 0 Å². The molecule has 0 bridgehead atoms. The minimum atomic E-state index is 0.0296. The van der Waals surface area contributed by atoms with Crippen LogP contribution in [0.25, 0.3) is 5.69 Å². The molecule has 0 unspecified atom stereocenters. The average Bonchev–Trinajstić information content (AvgIpc) is 3.37. The first-order chi connectivity index (χ1) is 18.7. The summed E-state index contributed by atoms with van der Waals surface area (Å²) >= 11 is 1.54. The second-order valence-electron chi connectivity index (χ2n) is 8.79. The van der Waals surface area contributed by atoms with E-state index < -0.39 is 0 Å². The normalized spacial score (nSPS) is 10.8. The van der Waals surface area contributed by atoms with Crippen molar-refractivity contribution in [2.75, 3.05) is 16.0 Å². The molecule has 0 saturated heterocycles. The van der Waals surface area contributed by atoms with Gasteiger partial charge >= 0.3 is 0 Å². The lowest BCUT2D eigenvalue weighted by molar-refractivity contribution is -0.117. The topological polar surface area (TPSA) is 63.1 Å². The Balaban J connectivity index is 1.32. The van der Waals surface area contributed by atoms with Gasteiger partial charge in [0, 0.05) is 34.9 Å². The number of aryl methyl sites for hydroxylation is 1. The molecule has 0 aliphatic rings. The number of nitrogens with zero attached hydrogens (tertiary/aromatic N) is 4. The third kappa shape index (κ3) is 6.12. The van der Waals surface area contributed by atoms with E-state index >= 15 is 0 Å². The largest absolute Gasteiger partial charge is 0.378 e. The molecule has 1 aromatic heterocycles. The van der Waals surface area contributed by atoms with Crippen LogP contribution in [0.1, 0.15) is 17.8 Å². The van der Waals surface area contributed by atoms with Crippen molar-refractivity contribution in [3.63, 3.8) is 0 Å². The lowest BCUT2D eigenvalue weighted by Crippen LogP contribution is -2.26. The van der Waals surface area contributed by atoms with E-state index in [-0.39, 0.29) is 5.91 Å². The van der Waals surface area contributed by atoms with Gasteiger partial charge in [-0.15, -0.1) is 10.2 Å². The molecule has 0 spiro atoms. The van der Waals surface area contributed by atoms with Crippen LogP contribution in [0.2, 0.25) is 0 Å². The number of carbonyl (C=O) groups is 1. The van der Waals surface area contributed by atoms with E-state index in [9.17, 15) is 4.79 Å². The molecule has 0 radical (unpaired) electrons. The standard InChI is InChI=1S/C31H29N5OS/c1-24-17-19-25(20-18-24)32-23-29-33-34-31(36(29)28-15-9-4-10-16-28)38-22-21-30(37)35(26-11-5-2-6-12-26)27-13-7-3-8-14-27/h2-20,32H,21-23H2,1H3. The van der Waals surface area contributed by atoms with E-state index in [0.717, 1.165) is 33.7 Å². The van der Waals surface area contributed by atoms with Gasteiger partial charge in [0.1, 0.15) is 0 Å².